The van der Waals surface area contributed by atoms with Crippen molar-refractivity contribution in [3.05, 3.63) is 11.6 Å². The third-order valence-electron chi connectivity index (χ3n) is 7.79. The maximum absolute atomic E-state index is 14.2. The first kappa shape index (κ1) is 14.9. The number of fused-ring (bicyclic) bond motifs is 5. The van der Waals surface area contributed by atoms with Crippen LogP contribution in [0.4, 0.5) is 4.39 Å². The van der Waals surface area contributed by atoms with Crippen molar-refractivity contribution >= 4 is 5.78 Å². The van der Waals surface area contributed by atoms with Gasteiger partial charge in [0.15, 0.2) is 5.78 Å². The highest BCUT2D eigenvalue weighted by Gasteiger charge is 2.62. The van der Waals surface area contributed by atoms with Crippen molar-refractivity contribution < 1.29 is 14.3 Å². The van der Waals surface area contributed by atoms with E-state index in [1.54, 1.807) is 0 Å². The van der Waals surface area contributed by atoms with Crippen LogP contribution in [0, 0.1) is 28.6 Å². The van der Waals surface area contributed by atoms with Crippen LogP contribution in [0.25, 0.3) is 0 Å². The minimum atomic E-state index is -1.16. The predicted octanol–water partition coefficient (Wildman–Crippen LogP) is 3.83. The van der Waals surface area contributed by atoms with Gasteiger partial charge in [-0.25, -0.2) is 4.39 Å². The number of carbonyl (C=O) groups excluding carboxylic acids is 1. The average Bonchev–Trinajstić information content (AvgIpc) is 2.71. The van der Waals surface area contributed by atoms with Gasteiger partial charge in [-0.1, -0.05) is 25.8 Å². The van der Waals surface area contributed by atoms with Crippen LogP contribution >= 0.6 is 0 Å². The normalized spacial score (nSPS) is 54.3. The Morgan fingerprint density at radius 1 is 1.23 bits per heavy atom. The first-order valence-electron chi connectivity index (χ1n) is 8.95. The second-order valence-corrected chi connectivity index (χ2v) is 8.68. The Morgan fingerprint density at radius 2 is 2.00 bits per heavy atom. The molecule has 0 bridgehead atoms. The largest absolute Gasteiger partial charge is 0.390 e. The number of hydrogen-bond donors (Lipinski definition) is 1. The monoisotopic (exact) mass is 306 g/mol. The van der Waals surface area contributed by atoms with Crippen LogP contribution < -0.4 is 0 Å². The molecule has 22 heavy (non-hydrogen) atoms. The van der Waals surface area contributed by atoms with Crippen LogP contribution in [0.2, 0.25) is 0 Å². The van der Waals surface area contributed by atoms with Gasteiger partial charge in [0.05, 0.1) is 6.10 Å². The molecular weight excluding hydrogens is 279 g/mol. The zero-order valence-corrected chi connectivity index (χ0v) is 13.6. The van der Waals surface area contributed by atoms with Crippen LogP contribution in [-0.4, -0.2) is 23.2 Å². The number of aliphatic hydroxyl groups excluding tert-OH is 1. The van der Waals surface area contributed by atoms with Crippen molar-refractivity contribution in [3.8, 4) is 0 Å². The molecule has 0 aromatic heterocycles. The smallest absolute Gasteiger partial charge is 0.159 e. The van der Waals surface area contributed by atoms with E-state index in [0.29, 0.717) is 12.3 Å². The first-order valence-corrected chi connectivity index (χ1v) is 8.95. The molecule has 122 valence electrons. The van der Waals surface area contributed by atoms with Crippen LogP contribution in [0.5, 0.6) is 0 Å². The molecule has 0 spiro atoms. The number of halogens is 1. The minimum absolute atomic E-state index is 0.0142. The number of hydrogen-bond acceptors (Lipinski definition) is 2. The summed E-state index contributed by atoms with van der Waals surface area (Å²) in [6.07, 6.45) is 6.69. The lowest BCUT2D eigenvalue weighted by Gasteiger charge is -2.56. The SMILES string of the molecule is C[C@]12CC[C@H]3[C@@H](C(=O)C=C4CCCC[C@@]43C)[C@@H]1C[C@@H](F)[C@@H]2O. The van der Waals surface area contributed by atoms with E-state index in [0.717, 1.165) is 19.3 Å². The molecule has 0 aliphatic heterocycles. The van der Waals surface area contributed by atoms with Crippen molar-refractivity contribution in [2.24, 2.45) is 28.6 Å². The summed E-state index contributed by atoms with van der Waals surface area (Å²) in [7, 11) is 0. The van der Waals surface area contributed by atoms with E-state index < -0.39 is 17.7 Å². The lowest BCUT2D eigenvalue weighted by molar-refractivity contribution is -0.135. The van der Waals surface area contributed by atoms with E-state index >= 15 is 0 Å². The van der Waals surface area contributed by atoms with Gasteiger partial charge in [0, 0.05) is 5.92 Å². The molecule has 2 nitrogen and oxygen atoms in total. The molecule has 3 heteroatoms. The fraction of sp³-hybridized carbons (Fsp3) is 0.842. The standard InChI is InChI=1S/C19H27FO2/c1-18-7-4-3-5-11(18)9-15(21)16-12(18)6-8-19(2)13(16)10-14(20)17(19)22/h9,12-14,16-17,22H,3-8,10H2,1-2H3/t12-,13-,14+,16+,17-,18-,19-/m0/s1. The zero-order valence-electron chi connectivity index (χ0n) is 13.6. The molecule has 4 rings (SSSR count). The average molecular weight is 306 g/mol. The summed E-state index contributed by atoms with van der Waals surface area (Å²) >= 11 is 0. The first-order chi connectivity index (χ1) is 10.4. The Morgan fingerprint density at radius 3 is 2.77 bits per heavy atom. The van der Waals surface area contributed by atoms with Gasteiger partial charge in [0.25, 0.3) is 0 Å². The molecule has 1 N–H and O–H groups in total. The molecular formula is C19H27FO2. The highest BCUT2D eigenvalue weighted by molar-refractivity contribution is 5.94. The molecule has 0 aromatic carbocycles. The maximum atomic E-state index is 14.2. The summed E-state index contributed by atoms with van der Waals surface area (Å²) in [6, 6.07) is 0. The molecule has 0 heterocycles. The number of ketones is 1. The van der Waals surface area contributed by atoms with E-state index in [1.165, 1.54) is 24.8 Å². The Labute approximate surface area is 132 Å². The van der Waals surface area contributed by atoms with E-state index in [1.807, 2.05) is 13.0 Å². The lowest BCUT2D eigenvalue weighted by atomic mass is 9.48. The molecule has 4 aliphatic carbocycles. The van der Waals surface area contributed by atoms with Crippen molar-refractivity contribution in [2.45, 2.75) is 71.1 Å². The quantitative estimate of drug-likeness (QED) is 0.738. The van der Waals surface area contributed by atoms with E-state index in [4.69, 9.17) is 0 Å². The van der Waals surface area contributed by atoms with Gasteiger partial charge in [-0.15, -0.1) is 0 Å². The Hall–Kier alpha value is -0.700. The van der Waals surface area contributed by atoms with Crippen molar-refractivity contribution in [1.82, 2.24) is 0 Å². The molecule has 4 aliphatic rings. The topological polar surface area (TPSA) is 37.3 Å². The Bertz CT molecular complexity index is 542. The van der Waals surface area contributed by atoms with Crippen LogP contribution in [-0.2, 0) is 4.79 Å². The van der Waals surface area contributed by atoms with Crippen LogP contribution in [0.3, 0.4) is 0 Å². The summed E-state index contributed by atoms with van der Waals surface area (Å²) in [6.45, 7) is 4.34. The predicted molar refractivity (Wildman–Crippen MR) is 83.0 cm³/mol. The van der Waals surface area contributed by atoms with Gasteiger partial charge in [0.1, 0.15) is 6.17 Å². The third kappa shape index (κ3) is 1.72. The molecule has 3 saturated carbocycles. The van der Waals surface area contributed by atoms with Crippen molar-refractivity contribution in [3.63, 3.8) is 0 Å². The molecule has 0 aromatic rings. The summed E-state index contributed by atoms with van der Waals surface area (Å²) in [5.74, 6) is 0.522. The number of carbonyl (C=O) groups is 1. The number of aliphatic hydroxyl groups is 1. The van der Waals surface area contributed by atoms with E-state index in [9.17, 15) is 14.3 Å². The van der Waals surface area contributed by atoms with Gasteiger partial charge >= 0.3 is 0 Å². The summed E-state index contributed by atoms with van der Waals surface area (Å²) < 4.78 is 14.2. The highest BCUT2D eigenvalue weighted by atomic mass is 19.1. The molecule has 3 fully saturated rings. The highest BCUT2D eigenvalue weighted by Crippen LogP contribution is 2.64. The molecule has 0 saturated heterocycles. The minimum Gasteiger partial charge on any atom is -0.390 e. The van der Waals surface area contributed by atoms with Crippen LogP contribution in [0.1, 0.15) is 58.8 Å². The van der Waals surface area contributed by atoms with E-state index in [-0.39, 0.29) is 23.0 Å². The van der Waals surface area contributed by atoms with Gasteiger partial charge in [0.2, 0.25) is 0 Å². The van der Waals surface area contributed by atoms with Gasteiger partial charge < -0.3 is 5.11 Å². The fourth-order valence-corrected chi connectivity index (χ4v) is 6.38. The molecule has 0 amide bonds. The van der Waals surface area contributed by atoms with Crippen LogP contribution in [0.15, 0.2) is 11.6 Å². The molecule has 0 unspecified atom stereocenters. The van der Waals surface area contributed by atoms with Crippen molar-refractivity contribution in [2.75, 3.05) is 0 Å². The third-order valence-corrected chi connectivity index (χ3v) is 7.79. The summed E-state index contributed by atoms with van der Waals surface area (Å²) in [5, 5.41) is 10.3. The molecule has 7 atom stereocenters. The second-order valence-electron chi connectivity index (χ2n) is 8.68. The van der Waals surface area contributed by atoms with Gasteiger partial charge in [-0.05, 0) is 67.3 Å². The second kappa shape index (κ2) is 4.66. The lowest BCUT2D eigenvalue weighted by Crippen LogP contribution is -2.53. The van der Waals surface area contributed by atoms with E-state index in [2.05, 4.69) is 6.92 Å². The number of rotatable bonds is 0. The fourth-order valence-electron chi connectivity index (χ4n) is 6.38. The van der Waals surface area contributed by atoms with Gasteiger partial charge in [-0.2, -0.15) is 0 Å². The summed E-state index contributed by atoms with van der Waals surface area (Å²) in [5.41, 5.74) is 1.08. The number of alkyl halides is 1. The Balaban J connectivity index is 1.77. The zero-order chi connectivity index (χ0) is 15.7. The van der Waals surface area contributed by atoms with Gasteiger partial charge in [-0.3, -0.25) is 4.79 Å². The maximum Gasteiger partial charge on any atom is 0.159 e. The summed E-state index contributed by atoms with van der Waals surface area (Å²) in [4.78, 5) is 12.8. The number of allylic oxidation sites excluding steroid dienone is 2. The Kier molecular flexibility index (Phi) is 3.15. The van der Waals surface area contributed by atoms with Crippen molar-refractivity contribution in [1.29, 1.82) is 0 Å². The molecule has 0 radical (unpaired) electrons.